The second-order valence-electron chi connectivity index (χ2n) is 5.14. The summed E-state index contributed by atoms with van der Waals surface area (Å²) >= 11 is 0. The molecule has 0 bridgehead atoms. The van der Waals surface area contributed by atoms with E-state index in [0.717, 1.165) is 17.7 Å². The summed E-state index contributed by atoms with van der Waals surface area (Å²) in [4.78, 5) is 0. The molecule has 2 N–H and O–H groups in total. The molecule has 0 radical (unpaired) electrons. The number of aliphatic hydroxyl groups excluding tert-OH is 1. The third kappa shape index (κ3) is 2.79. The van der Waals surface area contributed by atoms with Gasteiger partial charge >= 0.3 is 0 Å². The maximum Gasteiger partial charge on any atom is 0.0962 e. The number of rotatable bonds is 4. The molecule has 98 valence electrons. The molecule has 19 heavy (non-hydrogen) atoms. The van der Waals surface area contributed by atoms with Gasteiger partial charge in [-0.15, -0.1) is 0 Å². The predicted octanol–water partition coefficient (Wildman–Crippen LogP) is 3.32. The molecule has 0 spiro atoms. The van der Waals surface area contributed by atoms with Crippen molar-refractivity contribution in [3.05, 3.63) is 65.2 Å². The first kappa shape index (κ1) is 12.2. The van der Waals surface area contributed by atoms with Gasteiger partial charge in [-0.3, -0.25) is 0 Å². The zero-order chi connectivity index (χ0) is 13.1. The first-order valence-corrected chi connectivity index (χ1v) is 6.91. The Labute approximate surface area is 114 Å². The highest BCUT2D eigenvalue weighted by atomic mass is 16.3. The van der Waals surface area contributed by atoms with Gasteiger partial charge in [0, 0.05) is 12.2 Å². The average Bonchev–Trinajstić information content (AvgIpc) is 2.93. The maximum atomic E-state index is 10.3. The van der Waals surface area contributed by atoms with Crippen molar-refractivity contribution in [2.24, 2.45) is 0 Å². The Bertz CT molecular complexity index is 550. The van der Waals surface area contributed by atoms with Crippen LogP contribution in [-0.4, -0.2) is 11.7 Å². The van der Waals surface area contributed by atoms with Crippen LogP contribution in [0, 0.1) is 0 Å². The summed E-state index contributed by atoms with van der Waals surface area (Å²) in [5, 5.41) is 13.5. The summed E-state index contributed by atoms with van der Waals surface area (Å²) in [5.74, 6) is 0. The number of para-hydroxylation sites is 1. The Hall–Kier alpha value is -1.80. The van der Waals surface area contributed by atoms with Crippen molar-refractivity contribution in [3.63, 3.8) is 0 Å². The lowest BCUT2D eigenvalue weighted by Gasteiger charge is -2.14. The van der Waals surface area contributed by atoms with Crippen LogP contribution in [0.4, 0.5) is 5.69 Å². The van der Waals surface area contributed by atoms with Crippen LogP contribution < -0.4 is 5.32 Å². The van der Waals surface area contributed by atoms with E-state index in [0.29, 0.717) is 6.54 Å². The van der Waals surface area contributed by atoms with E-state index in [1.54, 1.807) is 0 Å². The van der Waals surface area contributed by atoms with Crippen LogP contribution >= 0.6 is 0 Å². The minimum atomic E-state index is -0.453. The summed E-state index contributed by atoms with van der Waals surface area (Å²) in [7, 11) is 0. The molecule has 2 aromatic rings. The van der Waals surface area contributed by atoms with E-state index in [4.69, 9.17) is 0 Å². The summed E-state index contributed by atoms with van der Waals surface area (Å²) in [5.41, 5.74) is 4.93. The molecule has 3 rings (SSSR count). The lowest BCUT2D eigenvalue weighted by molar-refractivity contribution is 0.191. The van der Waals surface area contributed by atoms with E-state index in [2.05, 4.69) is 23.5 Å². The summed E-state index contributed by atoms with van der Waals surface area (Å²) in [6.07, 6.45) is 3.14. The molecule has 2 aromatic carbocycles. The molecule has 1 aliphatic rings. The zero-order valence-electron chi connectivity index (χ0n) is 11.0. The fourth-order valence-electron chi connectivity index (χ4n) is 2.69. The standard InChI is InChI=1S/C17H19NO/c19-17(12-18-16-7-2-1-3-8-16)15-10-9-13-5-4-6-14(13)11-15/h1-3,7-11,17-19H,4-6,12H2. The summed E-state index contributed by atoms with van der Waals surface area (Å²) in [6.45, 7) is 0.544. The molecule has 0 saturated heterocycles. The van der Waals surface area contributed by atoms with E-state index in [-0.39, 0.29) is 0 Å². The molecule has 1 unspecified atom stereocenters. The zero-order valence-corrected chi connectivity index (χ0v) is 11.0. The Morgan fingerprint density at radius 2 is 1.79 bits per heavy atom. The number of hydrogen-bond donors (Lipinski definition) is 2. The second-order valence-corrected chi connectivity index (χ2v) is 5.14. The predicted molar refractivity (Wildman–Crippen MR) is 78.4 cm³/mol. The maximum absolute atomic E-state index is 10.3. The Balaban J connectivity index is 1.65. The number of hydrogen-bond acceptors (Lipinski definition) is 2. The number of benzene rings is 2. The van der Waals surface area contributed by atoms with Gasteiger partial charge in [0.2, 0.25) is 0 Å². The van der Waals surface area contributed by atoms with Crippen LogP contribution in [0.1, 0.15) is 29.2 Å². The fraction of sp³-hybridized carbons (Fsp3) is 0.294. The summed E-state index contributed by atoms with van der Waals surface area (Å²) < 4.78 is 0. The number of fused-ring (bicyclic) bond motifs is 1. The van der Waals surface area contributed by atoms with Crippen LogP contribution in [0.3, 0.4) is 0 Å². The van der Waals surface area contributed by atoms with Gasteiger partial charge in [0.05, 0.1) is 6.10 Å². The van der Waals surface area contributed by atoms with Crippen molar-refractivity contribution in [2.75, 3.05) is 11.9 Å². The van der Waals surface area contributed by atoms with Crippen LogP contribution in [0.2, 0.25) is 0 Å². The third-order valence-electron chi connectivity index (χ3n) is 3.78. The van der Waals surface area contributed by atoms with Crippen molar-refractivity contribution in [1.82, 2.24) is 0 Å². The fourth-order valence-corrected chi connectivity index (χ4v) is 2.69. The van der Waals surface area contributed by atoms with Gasteiger partial charge in [0.25, 0.3) is 0 Å². The van der Waals surface area contributed by atoms with E-state index < -0.39 is 6.10 Å². The van der Waals surface area contributed by atoms with Crippen molar-refractivity contribution in [2.45, 2.75) is 25.4 Å². The Kier molecular flexibility index (Phi) is 3.51. The molecule has 2 heteroatoms. The monoisotopic (exact) mass is 253 g/mol. The van der Waals surface area contributed by atoms with Crippen molar-refractivity contribution in [3.8, 4) is 0 Å². The highest BCUT2D eigenvalue weighted by Gasteiger charge is 2.14. The van der Waals surface area contributed by atoms with Gasteiger partial charge in [0.15, 0.2) is 0 Å². The Morgan fingerprint density at radius 3 is 2.63 bits per heavy atom. The molecule has 1 atom stereocenters. The highest BCUT2D eigenvalue weighted by Crippen LogP contribution is 2.25. The summed E-state index contributed by atoms with van der Waals surface area (Å²) in [6, 6.07) is 16.4. The van der Waals surface area contributed by atoms with E-state index in [9.17, 15) is 5.11 Å². The quantitative estimate of drug-likeness (QED) is 0.876. The lowest BCUT2D eigenvalue weighted by atomic mass is 10.0. The molecule has 0 heterocycles. The largest absolute Gasteiger partial charge is 0.387 e. The van der Waals surface area contributed by atoms with Gasteiger partial charge in [-0.2, -0.15) is 0 Å². The van der Waals surface area contributed by atoms with Crippen molar-refractivity contribution in [1.29, 1.82) is 0 Å². The number of anilines is 1. The SMILES string of the molecule is OC(CNc1ccccc1)c1ccc2c(c1)CCC2. The Morgan fingerprint density at radius 1 is 1.00 bits per heavy atom. The number of nitrogens with one attached hydrogen (secondary N) is 1. The van der Waals surface area contributed by atoms with E-state index in [1.165, 1.54) is 24.0 Å². The molecule has 1 aliphatic carbocycles. The van der Waals surface area contributed by atoms with Gasteiger partial charge < -0.3 is 10.4 Å². The molecule has 0 fully saturated rings. The minimum Gasteiger partial charge on any atom is -0.387 e. The van der Waals surface area contributed by atoms with Gasteiger partial charge in [-0.1, -0.05) is 36.4 Å². The normalized spacial score (nSPS) is 15.0. The molecular formula is C17H19NO. The van der Waals surface area contributed by atoms with Gasteiger partial charge in [-0.05, 0) is 48.1 Å². The third-order valence-corrected chi connectivity index (χ3v) is 3.78. The molecule has 0 saturated carbocycles. The average molecular weight is 253 g/mol. The topological polar surface area (TPSA) is 32.3 Å². The van der Waals surface area contributed by atoms with Crippen molar-refractivity contribution < 1.29 is 5.11 Å². The molecule has 0 aromatic heterocycles. The lowest BCUT2D eigenvalue weighted by Crippen LogP contribution is -2.12. The van der Waals surface area contributed by atoms with Crippen LogP contribution in [-0.2, 0) is 12.8 Å². The molecular weight excluding hydrogens is 234 g/mol. The second kappa shape index (κ2) is 5.45. The minimum absolute atomic E-state index is 0.453. The molecule has 2 nitrogen and oxygen atoms in total. The highest BCUT2D eigenvalue weighted by molar-refractivity contribution is 5.43. The molecule has 0 aliphatic heterocycles. The van der Waals surface area contributed by atoms with Crippen molar-refractivity contribution >= 4 is 5.69 Å². The van der Waals surface area contributed by atoms with Crippen LogP contribution in [0.25, 0.3) is 0 Å². The first-order chi connectivity index (χ1) is 9.33. The number of aliphatic hydroxyl groups is 1. The molecule has 0 amide bonds. The first-order valence-electron chi connectivity index (χ1n) is 6.91. The van der Waals surface area contributed by atoms with E-state index in [1.807, 2.05) is 30.3 Å². The number of aryl methyl sites for hydroxylation is 2. The van der Waals surface area contributed by atoms with Crippen LogP contribution in [0.15, 0.2) is 48.5 Å². The van der Waals surface area contributed by atoms with Gasteiger partial charge in [0.1, 0.15) is 0 Å². The van der Waals surface area contributed by atoms with Gasteiger partial charge in [-0.25, -0.2) is 0 Å². The van der Waals surface area contributed by atoms with Crippen LogP contribution in [0.5, 0.6) is 0 Å². The van der Waals surface area contributed by atoms with E-state index >= 15 is 0 Å². The smallest absolute Gasteiger partial charge is 0.0962 e.